The van der Waals surface area contributed by atoms with Crippen molar-refractivity contribution in [3.63, 3.8) is 0 Å². The van der Waals surface area contributed by atoms with Gasteiger partial charge in [0.25, 0.3) is 0 Å². The van der Waals surface area contributed by atoms with Crippen LogP contribution in [0, 0.1) is 23.7 Å². The van der Waals surface area contributed by atoms with Crippen LogP contribution in [0.2, 0.25) is 0 Å². The minimum atomic E-state index is -3.26. The molecule has 16 nitrogen and oxygen atoms in total. The van der Waals surface area contributed by atoms with Crippen LogP contribution < -0.4 is 0 Å². The van der Waals surface area contributed by atoms with Gasteiger partial charge in [0.05, 0.1) is 69.0 Å². The third-order valence-corrected chi connectivity index (χ3v) is 23.5. The van der Waals surface area contributed by atoms with Gasteiger partial charge in [0.1, 0.15) is 21.7 Å². The number of likely N-dealkylation sites (N-methyl/N-ethyl adjacent to an activating group) is 4. The molecular weight excluding hydrogens is 1440 g/mol. The summed E-state index contributed by atoms with van der Waals surface area (Å²) in [6, 6.07) is 75.8. The van der Waals surface area contributed by atoms with E-state index < -0.39 is 131 Å². The van der Waals surface area contributed by atoms with Crippen molar-refractivity contribution in [2.45, 2.75) is 103 Å². The highest BCUT2D eigenvalue weighted by molar-refractivity contribution is 5.97. The van der Waals surface area contributed by atoms with Crippen molar-refractivity contribution < 1.29 is 72.4 Å². The zero-order valence-electron chi connectivity index (χ0n) is 93.1. The van der Waals surface area contributed by atoms with Gasteiger partial charge in [-0.1, -0.05) is 270 Å². The number of likely N-dealkylation sites (tertiary alicyclic amines) is 4. The van der Waals surface area contributed by atoms with Crippen molar-refractivity contribution in [1.82, 2.24) is 39.2 Å². The SMILES string of the molecule is CC.CC.CCN1C[C@H](CCN2CCOCC2)C(c2ccccc2)(c2ccccc2)C1=O.[2H]C([2H])([2H])C([2H])([2H])N1C[C@H](CCN2C([2H])([2H])C([2H])([2H])OC([2H])([2H])C2([2H])[2H])C(c2ccccc2)(c2ccccc2)C1=O.[2H]C1([2H])CN(CC[C@H]2CN(CC)C(=O)C2(c2ccccc2)c2ccccc2)CC([2H])([2H])O1.[2H]C1([2H])OC([2H])([2H])C([2H])([2H])N(CC[C@H]2CN(CC)C(=O)C2(c2ccccc2)c2ccccc2)C1([2H])[2H]. The summed E-state index contributed by atoms with van der Waals surface area (Å²) in [6.45, 7) is -14.0. The molecule has 620 valence electrons. The lowest BCUT2D eigenvalue weighted by atomic mass is 9.66. The van der Waals surface area contributed by atoms with Gasteiger partial charge in [-0.05, 0) is 124 Å². The number of hydrogen-bond acceptors (Lipinski definition) is 12. The summed E-state index contributed by atoms with van der Waals surface area (Å²) < 4.78 is 222. The first kappa shape index (κ1) is 59.9. The first-order valence-electron chi connectivity index (χ1n) is 53.7. The number of ether oxygens (including phenoxy) is 4. The Labute approximate surface area is 729 Å². The van der Waals surface area contributed by atoms with Crippen LogP contribution in [0.3, 0.4) is 0 Å². The highest BCUT2D eigenvalue weighted by Gasteiger charge is 2.59. The van der Waals surface area contributed by atoms with Gasteiger partial charge in [0.15, 0.2) is 0 Å². The monoisotopic (exact) mass is 1600 g/mol. The molecule has 4 atom stereocenters. The highest BCUT2D eigenvalue weighted by atomic mass is 16.5. The summed E-state index contributed by atoms with van der Waals surface area (Å²) >= 11 is 0. The Morgan fingerprint density at radius 1 is 0.310 bits per heavy atom. The summed E-state index contributed by atoms with van der Waals surface area (Å²) in [4.78, 5) is 67.6. The number of carbonyl (C=O) groups excluding carboxylic acids is 4. The zero-order chi connectivity index (χ0) is 104. The van der Waals surface area contributed by atoms with Gasteiger partial charge in [-0.15, -0.1) is 0 Å². The van der Waals surface area contributed by atoms with Crippen LogP contribution in [-0.4, -0.2) is 246 Å². The van der Waals surface area contributed by atoms with E-state index in [1.807, 2.05) is 185 Å². The maximum absolute atomic E-state index is 14.4. The molecule has 0 bridgehead atoms. The summed E-state index contributed by atoms with van der Waals surface area (Å²) in [5, 5.41) is 0. The normalized spacial score (nSPS) is 29.6. The maximum Gasteiger partial charge on any atom is 0.238 e. The van der Waals surface area contributed by atoms with E-state index in [0.29, 0.717) is 65.0 Å². The topological polar surface area (TPSA) is 131 Å². The Kier molecular flexibility index (Phi) is 22.8. The van der Waals surface area contributed by atoms with Crippen LogP contribution in [0.4, 0.5) is 0 Å². The van der Waals surface area contributed by atoms with Crippen LogP contribution in [0.1, 0.15) is 160 Å². The molecule has 0 spiro atoms. The molecule has 0 unspecified atom stereocenters. The number of hydrogen-bond donors (Lipinski definition) is 0. The van der Waals surface area contributed by atoms with E-state index in [-0.39, 0.29) is 62.0 Å². The van der Waals surface area contributed by atoms with E-state index in [1.54, 1.807) is 70.5 Å². The second-order valence-corrected chi connectivity index (χ2v) is 29.1. The first-order chi connectivity index (χ1) is 66.3. The van der Waals surface area contributed by atoms with Crippen molar-refractivity contribution in [3.05, 3.63) is 287 Å². The first-order valence-corrected chi connectivity index (χ1v) is 41.2. The fourth-order valence-corrected chi connectivity index (χ4v) is 18.1. The minimum Gasteiger partial charge on any atom is -0.379 e. The van der Waals surface area contributed by atoms with Gasteiger partial charge in [-0.3, -0.25) is 38.8 Å². The summed E-state index contributed by atoms with van der Waals surface area (Å²) in [5.41, 5.74) is 2.31. The van der Waals surface area contributed by atoms with Gasteiger partial charge in [-0.25, -0.2) is 0 Å². The van der Waals surface area contributed by atoms with Crippen molar-refractivity contribution in [2.24, 2.45) is 23.7 Å². The largest absolute Gasteiger partial charge is 0.379 e. The van der Waals surface area contributed by atoms with Gasteiger partial charge in [0, 0.05) is 146 Å². The van der Waals surface area contributed by atoms with Crippen LogP contribution in [0.5, 0.6) is 0 Å². The molecule has 8 fully saturated rings. The molecule has 8 aliphatic rings. The smallest absolute Gasteiger partial charge is 0.238 e. The number of morpholine rings is 4. The molecule has 16 rings (SSSR count). The lowest BCUT2D eigenvalue weighted by Gasteiger charge is -2.36. The predicted molar refractivity (Wildman–Crippen MR) is 468 cm³/mol. The Morgan fingerprint density at radius 3 is 0.767 bits per heavy atom. The quantitative estimate of drug-likeness (QED) is 0.0571. The van der Waals surface area contributed by atoms with Gasteiger partial charge in [0.2, 0.25) is 23.6 Å². The van der Waals surface area contributed by atoms with Crippen LogP contribution in [-0.2, 0) is 59.8 Å². The van der Waals surface area contributed by atoms with Crippen LogP contribution >= 0.6 is 0 Å². The molecule has 8 aromatic carbocycles. The Hall–Kier alpha value is -8.68. The molecule has 0 N–H and O–H groups in total. The molecule has 4 amide bonds. The molecule has 8 heterocycles. The average Bonchev–Trinajstić information content (AvgIpc) is 1.69. The van der Waals surface area contributed by atoms with E-state index in [4.69, 9.17) is 43.7 Å². The highest BCUT2D eigenvalue weighted by Crippen LogP contribution is 2.52. The summed E-state index contributed by atoms with van der Waals surface area (Å²) in [6.07, 6.45) is 1.48. The van der Waals surface area contributed by atoms with Crippen molar-refractivity contribution in [1.29, 1.82) is 0 Å². The Bertz CT molecular complexity index is 5180. The Morgan fingerprint density at radius 2 is 0.526 bits per heavy atom. The molecule has 8 aliphatic heterocycles. The number of benzene rings is 8. The standard InChI is InChI=1S/4C24H30N2O2.2C2H6/c4*1-2-26-19-22(13-14-25-15-17-28-18-16-25)24(23(26)27,20-9-5-3-6-10-20)21-11-7-4-8-12-21;2*1-2/h4*3-12,22H,2,13-19H2,1H3;2*1-2H3/t4*22-;;/m0000../s1/i1D3,2D2,15D2,16D2,17D2,18D2;15D2,16D2,17D2,18D2;17D2,18D2;;;. The molecule has 0 saturated carbocycles. The van der Waals surface area contributed by atoms with Crippen molar-refractivity contribution in [3.8, 4) is 0 Å². The lowest BCUT2D eigenvalue weighted by molar-refractivity contribution is -0.132. The third-order valence-electron chi connectivity index (χ3n) is 23.5. The van der Waals surface area contributed by atoms with Crippen molar-refractivity contribution in [2.75, 3.05) is 183 Å². The molecule has 8 saturated heterocycles. The predicted octanol–water partition coefficient (Wildman–Crippen LogP) is 14.7. The zero-order valence-corrected chi connectivity index (χ0v) is 68.1. The number of amides is 4. The molecule has 8 aromatic rings. The van der Waals surface area contributed by atoms with Gasteiger partial charge in [-0.2, -0.15) is 0 Å². The molecule has 0 aliphatic carbocycles. The molecule has 116 heavy (non-hydrogen) atoms. The van der Waals surface area contributed by atoms with Gasteiger partial charge >= 0.3 is 0 Å². The van der Waals surface area contributed by atoms with Gasteiger partial charge < -0.3 is 38.5 Å². The van der Waals surface area contributed by atoms with Crippen molar-refractivity contribution >= 4 is 23.6 Å². The summed E-state index contributed by atoms with van der Waals surface area (Å²) in [7, 11) is 0. The third kappa shape index (κ3) is 19.4. The number of rotatable bonds is 24. The second-order valence-electron chi connectivity index (χ2n) is 29.1. The van der Waals surface area contributed by atoms with E-state index in [9.17, 15) is 19.2 Å². The molecule has 0 radical (unpaired) electrons. The van der Waals surface area contributed by atoms with Crippen LogP contribution in [0.25, 0.3) is 0 Å². The minimum absolute atomic E-state index is 0.00828. The van der Waals surface area contributed by atoms with Crippen LogP contribution in [0.15, 0.2) is 243 Å². The van der Waals surface area contributed by atoms with E-state index in [0.717, 1.165) is 85.7 Å². The fraction of sp³-hybridized carbons (Fsp3) is 0.480. The van der Waals surface area contributed by atoms with E-state index in [2.05, 4.69) is 69.8 Å². The molecule has 16 heteroatoms. The maximum atomic E-state index is 14.4. The average molecular weight is 1600 g/mol. The molecule has 0 aromatic heterocycles. The molecular formula is C100H132N8O8. The Balaban J connectivity index is 0.000000179. The fourth-order valence-electron chi connectivity index (χ4n) is 18.1. The van der Waals surface area contributed by atoms with E-state index in [1.165, 1.54) is 0 Å². The second kappa shape index (κ2) is 44.2. The lowest BCUT2D eigenvalue weighted by Crippen LogP contribution is -2.43. The van der Waals surface area contributed by atoms with E-state index >= 15 is 0 Å². The number of carbonyl (C=O) groups is 4. The summed E-state index contributed by atoms with van der Waals surface area (Å²) in [5.74, 6) is -1.77. The number of nitrogens with zero attached hydrogens (tertiary/aromatic N) is 8.